The third kappa shape index (κ3) is 5.69. The summed E-state index contributed by atoms with van der Waals surface area (Å²) in [6, 6.07) is 5.90. The van der Waals surface area contributed by atoms with Crippen molar-refractivity contribution in [1.29, 1.82) is 0 Å². The molecule has 10 heteroatoms. The summed E-state index contributed by atoms with van der Waals surface area (Å²) in [5, 5.41) is 10.6. The van der Waals surface area contributed by atoms with Crippen LogP contribution in [0.3, 0.4) is 0 Å². The van der Waals surface area contributed by atoms with Gasteiger partial charge in [-0.2, -0.15) is 5.10 Å². The molecule has 1 aliphatic carbocycles. The van der Waals surface area contributed by atoms with E-state index in [1.807, 2.05) is 32.0 Å². The van der Waals surface area contributed by atoms with Gasteiger partial charge < -0.3 is 15.4 Å². The van der Waals surface area contributed by atoms with E-state index in [0.717, 1.165) is 36.0 Å². The maximum absolute atomic E-state index is 13.4. The maximum Gasteiger partial charge on any atom is 0.272 e. The van der Waals surface area contributed by atoms with Gasteiger partial charge in [0.2, 0.25) is 5.91 Å². The average molecular weight is 503 g/mol. The van der Waals surface area contributed by atoms with Crippen molar-refractivity contribution in [2.45, 2.75) is 65.0 Å². The summed E-state index contributed by atoms with van der Waals surface area (Å²) in [6.45, 7) is 6.93. The number of amides is 2. The van der Waals surface area contributed by atoms with Crippen LogP contribution in [-0.2, 0) is 39.6 Å². The van der Waals surface area contributed by atoms with Crippen molar-refractivity contribution in [1.82, 2.24) is 15.1 Å². The van der Waals surface area contributed by atoms with Gasteiger partial charge in [-0.05, 0) is 62.3 Å². The highest BCUT2D eigenvalue weighted by molar-refractivity contribution is 7.91. The van der Waals surface area contributed by atoms with Crippen molar-refractivity contribution in [3.63, 3.8) is 0 Å². The summed E-state index contributed by atoms with van der Waals surface area (Å²) in [6.07, 6.45) is 5.68. The Labute approximate surface area is 206 Å². The number of anilines is 1. The number of carbonyl (C=O) groups excluding carboxylic acids is 2. The van der Waals surface area contributed by atoms with E-state index in [-0.39, 0.29) is 11.6 Å². The van der Waals surface area contributed by atoms with E-state index in [2.05, 4.69) is 17.6 Å². The lowest BCUT2D eigenvalue weighted by molar-refractivity contribution is -0.113. The van der Waals surface area contributed by atoms with Crippen LogP contribution in [-0.4, -0.2) is 48.6 Å². The fourth-order valence-corrected chi connectivity index (χ4v) is 5.33. The van der Waals surface area contributed by atoms with Crippen molar-refractivity contribution in [3.05, 3.63) is 40.7 Å². The number of aryl methyl sites for hydroxylation is 2. The fraction of sp³-hybridized carbons (Fsp3) is 0.560. The molecule has 2 amide bonds. The smallest absolute Gasteiger partial charge is 0.272 e. The molecule has 1 saturated carbocycles. The first-order valence-corrected chi connectivity index (χ1v) is 14.2. The predicted octanol–water partition coefficient (Wildman–Crippen LogP) is 2.83. The Morgan fingerprint density at radius 2 is 2.06 bits per heavy atom. The number of aromatic nitrogens is 2. The van der Waals surface area contributed by atoms with Crippen LogP contribution in [0.4, 0.5) is 5.69 Å². The molecule has 0 unspecified atom stereocenters. The van der Waals surface area contributed by atoms with Crippen molar-refractivity contribution in [2.24, 2.45) is 5.92 Å². The summed E-state index contributed by atoms with van der Waals surface area (Å²) < 4.78 is 30.6. The first-order valence-electron chi connectivity index (χ1n) is 12.2. The SMILES string of the molecule is CCOc1ccc([C@@]2(C)Cn3nc(CCC4CC4)c(NC(=O)CS(C)(=O)=O)c3C(=O)N2)c(CC)c1. The maximum atomic E-state index is 13.4. The van der Waals surface area contributed by atoms with Gasteiger partial charge >= 0.3 is 0 Å². The van der Waals surface area contributed by atoms with E-state index in [9.17, 15) is 18.0 Å². The first-order chi connectivity index (χ1) is 16.5. The zero-order chi connectivity index (χ0) is 25.4. The van der Waals surface area contributed by atoms with Crippen LogP contribution >= 0.6 is 0 Å². The Kier molecular flexibility index (Phi) is 6.95. The monoisotopic (exact) mass is 502 g/mol. The number of rotatable bonds is 10. The number of benzene rings is 1. The molecule has 2 heterocycles. The number of nitrogens with zero attached hydrogens (tertiary/aromatic N) is 2. The van der Waals surface area contributed by atoms with Crippen molar-refractivity contribution >= 4 is 27.3 Å². The van der Waals surface area contributed by atoms with E-state index < -0.39 is 27.0 Å². The largest absolute Gasteiger partial charge is 0.494 e. The van der Waals surface area contributed by atoms with Crippen LogP contribution in [0.1, 0.15) is 67.3 Å². The van der Waals surface area contributed by atoms with Crippen LogP contribution in [0, 0.1) is 5.92 Å². The minimum atomic E-state index is -3.51. The summed E-state index contributed by atoms with van der Waals surface area (Å²) in [5.41, 5.74) is 2.55. The van der Waals surface area contributed by atoms with Gasteiger partial charge in [-0.1, -0.05) is 25.8 Å². The number of ether oxygens (including phenoxy) is 1. The van der Waals surface area contributed by atoms with Gasteiger partial charge in [0.1, 0.15) is 17.2 Å². The van der Waals surface area contributed by atoms with E-state index in [0.29, 0.717) is 36.9 Å². The Morgan fingerprint density at radius 1 is 1.31 bits per heavy atom. The van der Waals surface area contributed by atoms with Crippen LogP contribution in [0.25, 0.3) is 0 Å². The van der Waals surface area contributed by atoms with Gasteiger partial charge in [0.15, 0.2) is 9.84 Å². The Bertz CT molecular complexity index is 1250. The molecule has 1 aliphatic heterocycles. The third-order valence-electron chi connectivity index (χ3n) is 6.60. The fourth-order valence-electron chi connectivity index (χ4n) is 4.78. The molecule has 4 rings (SSSR count). The number of hydrogen-bond donors (Lipinski definition) is 2. The van der Waals surface area contributed by atoms with Gasteiger partial charge in [0, 0.05) is 6.26 Å². The highest BCUT2D eigenvalue weighted by atomic mass is 32.2. The van der Waals surface area contributed by atoms with Crippen LogP contribution in [0.5, 0.6) is 5.75 Å². The minimum Gasteiger partial charge on any atom is -0.494 e. The number of carbonyl (C=O) groups is 2. The van der Waals surface area contributed by atoms with Crippen molar-refractivity contribution in [3.8, 4) is 5.75 Å². The zero-order valence-electron chi connectivity index (χ0n) is 20.8. The van der Waals surface area contributed by atoms with E-state index in [1.165, 1.54) is 12.8 Å². The molecule has 1 aromatic carbocycles. The lowest BCUT2D eigenvalue weighted by atomic mass is 9.85. The summed E-state index contributed by atoms with van der Waals surface area (Å²) >= 11 is 0. The van der Waals surface area contributed by atoms with E-state index in [4.69, 9.17) is 9.84 Å². The number of fused-ring (bicyclic) bond motifs is 1. The third-order valence-corrected chi connectivity index (χ3v) is 7.39. The molecule has 0 saturated heterocycles. The Morgan fingerprint density at radius 3 is 2.69 bits per heavy atom. The number of sulfone groups is 1. The number of nitrogens with one attached hydrogen (secondary N) is 2. The summed E-state index contributed by atoms with van der Waals surface area (Å²) in [7, 11) is -3.51. The zero-order valence-corrected chi connectivity index (χ0v) is 21.6. The van der Waals surface area contributed by atoms with Crippen molar-refractivity contribution in [2.75, 3.05) is 23.9 Å². The molecule has 35 heavy (non-hydrogen) atoms. The van der Waals surface area contributed by atoms with Crippen LogP contribution in [0.15, 0.2) is 18.2 Å². The molecule has 9 nitrogen and oxygen atoms in total. The van der Waals surface area contributed by atoms with E-state index in [1.54, 1.807) is 4.68 Å². The lowest BCUT2D eigenvalue weighted by Crippen LogP contribution is -2.52. The molecule has 0 spiro atoms. The van der Waals surface area contributed by atoms with Crippen molar-refractivity contribution < 1.29 is 22.7 Å². The van der Waals surface area contributed by atoms with Gasteiger partial charge in [-0.3, -0.25) is 14.3 Å². The molecular weight excluding hydrogens is 468 g/mol. The van der Waals surface area contributed by atoms with Gasteiger partial charge in [-0.15, -0.1) is 0 Å². The van der Waals surface area contributed by atoms with Gasteiger partial charge in [0.25, 0.3) is 5.91 Å². The molecule has 2 aromatic rings. The Hall–Kier alpha value is -2.88. The summed E-state index contributed by atoms with van der Waals surface area (Å²) in [4.78, 5) is 25.9. The Balaban J connectivity index is 1.69. The first kappa shape index (κ1) is 25.2. The topological polar surface area (TPSA) is 119 Å². The molecule has 1 fully saturated rings. The molecule has 190 valence electrons. The second-order valence-corrected chi connectivity index (χ2v) is 12.0. The molecule has 0 radical (unpaired) electrons. The van der Waals surface area contributed by atoms with Crippen LogP contribution < -0.4 is 15.4 Å². The van der Waals surface area contributed by atoms with E-state index >= 15 is 0 Å². The van der Waals surface area contributed by atoms with Gasteiger partial charge in [-0.25, -0.2) is 8.42 Å². The quantitative estimate of drug-likeness (QED) is 0.516. The number of hydrogen-bond acceptors (Lipinski definition) is 6. The molecule has 1 atom stereocenters. The predicted molar refractivity (Wildman–Crippen MR) is 133 cm³/mol. The second kappa shape index (κ2) is 9.64. The van der Waals surface area contributed by atoms with Gasteiger partial charge in [0.05, 0.1) is 30.1 Å². The average Bonchev–Trinajstić information content (AvgIpc) is 3.53. The molecule has 2 aliphatic rings. The normalized spacial score (nSPS) is 19.7. The highest BCUT2D eigenvalue weighted by Gasteiger charge is 2.40. The molecule has 0 bridgehead atoms. The second-order valence-electron chi connectivity index (χ2n) is 9.82. The minimum absolute atomic E-state index is 0.263. The standard InChI is InChI=1S/C25H34N4O5S/c1-5-17-13-18(34-6-2)10-11-19(17)25(3)15-29-23(24(31)27-25)22(26-21(30)14-35(4,32)33)20(28-29)12-9-16-7-8-16/h10-11,13,16H,5-9,12,14-15H2,1-4H3,(H,26,30)(H,27,31)/t25-/m1/s1. The molecular formula is C25H34N4O5S. The molecule has 1 aromatic heterocycles. The van der Waals surface area contributed by atoms with Crippen LogP contribution in [0.2, 0.25) is 0 Å². The summed E-state index contributed by atoms with van der Waals surface area (Å²) in [5.74, 6) is -0.239. The highest BCUT2D eigenvalue weighted by Crippen LogP contribution is 2.37. The lowest BCUT2D eigenvalue weighted by Gasteiger charge is -2.37. The molecule has 2 N–H and O–H groups in total.